The zero-order chi connectivity index (χ0) is 22.9. The number of carbonyl (C=O) groups is 1. The molecule has 0 aliphatic carbocycles. The second kappa shape index (κ2) is 8.96. The van der Waals surface area contributed by atoms with Gasteiger partial charge in [0.2, 0.25) is 0 Å². The van der Waals surface area contributed by atoms with E-state index in [1.165, 1.54) is 0 Å². The molecule has 5 rings (SSSR count). The number of fused-ring (bicyclic) bond motifs is 1. The molecule has 1 fully saturated rings. The van der Waals surface area contributed by atoms with Crippen LogP contribution >= 0.6 is 27.5 Å². The zero-order valence-corrected chi connectivity index (χ0v) is 19.7. The number of aromatic nitrogens is 2. The largest absolute Gasteiger partial charge is 0.422 e. The molecular weight excluding hydrogens is 508 g/mol. The van der Waals surface area contributed by atoms with Gasteiger partial charge in [-0.2, -0.15) is 0 Å². The lowest BCUT2D eigenvalue weighted by molar-refractivity contribution is 0.0742. The van der Waals surface area contributed by atoms with Crippen LogP contribution in [0.5, 0.6) is 0 Å². The monoisotopic (exact) mass is 524 g/mol. The molecule has 0 N–H and O–H groups in total. The van der Waals surface area contributed by atoms with Crippen molar-refractivity contribution in [3.05, 3.63) is 86.1 Å². The standard InChI is InChI=1S/C24H18BrClN4O3/c25-16-5-7-21-15(13-16)14-18(24(32)33-21)23(31)30-11-9-29(10-12-30)22-8-6-20(27-28-22)17-3-1-2-4-19(17)26/h1-8,13-14H,9-12H2. The van der Waals surface area contributed by atoms with E-state index in [0.29, 0.717) is 47.9 Å². The summed E-state index contributed by atoms with van der Waals surface area (Å²) in [6, 6.07) is 18.2. The van der Waals surface area contributed by atoms with Gasteiger partial charge in [0.25, 0.3) is 5.91 Å². The Labute approximate surface area is 202 Å². The Morgan fingerprint density at radius 2 is 1.76 bits per heavy atom. The van der Waals surface area contributed by atoms with E-state index in [0.717, 1.165) is 15.9 Å². The maximum Gasteiger partial charge on any atom is 0.349 e. The van der Waals surface area contributed by atoms with Crippen LogP contribution in [0.25, 0.3) is 22.2 Å². The Morgan fingerprint density at radius 3 is 2.48 bits per heavy atom. The Morgan fingerprint density at radius 1 is 0.970 bits per heavy atom. The number of piperazine rings is 1. The first-order chi connectivity index (χ1) is 16.0. The number of rotatable bonds is 3. The molecule has 33 heavy (non-hydrogen) atoms. The van der Waals surface area contributed by atoms with Crippen molar-refractivity contribution in [1.82, 2.24) is 15.1 Å². The van der Waals surface area contributed by atoms with Gasteiger partial charge in [0, 0.05) is 41.6 Å². The highest BCUT2D eigenvalue weighted by atomic mass is 79.9. The van der Waals surface area contributed by atoms with E-state index >= 15 is 0 Å². The zero-order valence-electron chi connectivity index (χ0n) is 17.4. The lowest BCUT2D eigenvalue weighted by Gasteiger charge is -2.35. The molecule has 7 nitrogen and oxygen atoms in total. The Balaban J connectivity index is 1.29. The second-order valence-electron chi connectivity index (χ2n) is 7.67. The van der Waals surface area contributed by atoms with Crippen LogP contribution in [0, 0.1) is 0 Å². The van der Waals surface area contributed by atoms with Crippen molar-refractivity contribution in [3.8, 4) is 11.3 Å². The fourth-order valence-electron chi connectivity index (χ4n) is 3.86. The van der Waals surface area contributed by atoms with E-state index in [2.05, 4.69) is 31.0 Å². The third kappa shape index (κ3) is 4.36. The van der Waals surface area contributed by atoms with Gasteiger partial charge in [-0.1, -0.05) is 45.7 Å². The minimum atomic E-state index is -0.627. The van der Waals surface area contributed by atoms with Crippen molar-refractivity contribution in [2.24, 2.45) is 0 Å². The molecule has 0 bridgehead atoms. The van der Waals surface area contributed by atoms with Crippen molar-refractivity contribution in [3.63, 3.8) is 0 Å². The highest BCUT2D eigenvalue weighted by molar-refractivity contribution is 9.10. The first-order valence-electron chi connectivity index (χ1n) is 10.4. The van der Waals surface area contributed by atoms with Gasteiger partial charge in [-0.3, -0.25) is 4.79 Å². The molecular formula is C24H18BrClN4O3. The second-order valence-corrected chi connectivity index (χ2v) is 8.99. The summed E-state index contributed by atoms with van der Waals surface area (Å²) in [6.45, 7) is 2.08. The van der Waals surface area contributed by atoms with Gasteiger partial charge in [-0.15, -0.1) is 10.2 Å². The normalized spacial score (nSPS) is 14.0. The number of benzene rings is 2. The van der Waals surface area contributed by atoms with Gasteiger partial charge < -0.3 is 14.2 Å². The Bertz CT molecular complexity index is 1400. The number of anilines is 1. The lowest BCUT2D eigenvalue weighted by atomic mass is 10.1. The van der Waals surface area contributed by atoms with Crippen LogP contribution in [-0.4, -0.2) is 47.2 Å². The summed E-state index contributed by atoms with van der Waals surface area (Å²) >= 11 is 9.65. The summed E-state index contributed by atoms with van der Waals surface area (Å²) in [5.74, 6) is 0.401. The van der Waals surface area contributed by atoms with E-state index in [1.807, 2.05) is 42.5 Å². The van der Waals surface area contributed by atoms with Gasteiger partial charge in [-0.05, 0) is 42.5 Å². The van der Waals surface area contributed by atoms with E-state index in [9.17, 15) is 9.59 Å². The van der Waals surface area contributed by atoms with Crippen molar-refractivity contribution in [2.45, 2.75) is 0 Å². The molecule has 3 heterocycles. The molecule has 0 unspecified atom stereocenters. The van der Waals surface area contributed by atoms with E-state index < -0.39 is 5.63 Å². The summed E-state index contributed by atoms with van der Waals surface area (Å²) in [7, 11) is 0. The third-order valence-electron chi connectivity index (χ3n) is 5.62. The van der Waals surface area contributed by atoms with Gasteiger partial charge >= 0.3 is 5.63 Å². The number of hydrogen-bond donors (Lipinski definition) is 0. The highest BCUT2D eigenvalue weighted by Crippen LogP contribution is 2.26. The van der Waals surface area contributed by atoms with E-state index in [4.69, 9.17) is 16.0 Å². The average Bonchev–Trinajstić information content (AvgIpc) is 2.84. The first kappa shape index (κ1) is 21.6. The van der Waals surface area contributed by atoms with Gasteiger partial charge in [0.15, 0.2) is 5.82 Å². The maximum atomic E-state index is 13.0. The number of carbonyl (C=O) groups excluding carboxylic acids is 1. The van der Waals surface area contributed by atoms with Gasteiger partial charge in [0.1, 0.15) is 11.1 Å². The van der Waals surface area contributed by atoms with Crippen molar-refractivity contribution in [2.75, 3.05) is 31.1 Å². The predicted molar refractivity (Wildman–Crippen MR) is 131 cm³/mol. The SMILES string of the molecule is O=C(c1cc2cc(Br)ccc2oc1=O)N1CCN(c2ccc(-c3ccccc3Cl)nn2)CC1. The first-order valence-corrected chi connectivity index (χ1v) is 11.5. The number of amides is 1. The lowest BCUT2D eigenvalue weighted by Crippen LogP contribution is -2.49. The summed E-state index contributed by atoms with van der Waals surface area (Å²) < 4.78 is 6.19. The van der Waals surface area contributed by atoms with Crippen molar-refractivity contribution in [1.29, 1.82) is 0 Å². The van der Waals surface area contributed by atoms with Crippen LogP contribution in [0.1, 0.15) is 10.4 Å². The fraction of sp³-hybridized carbons (Fsp3) is 0.167. The minimum absolute atomic E-state index is 0.0398. The smallest absolute Gasteiger partial charge is 0.349 e. The molecule has 166 valence electrons. The van der Waals surface area contributed by atoms with Gasteiger partial charge in [-0.25, -0.2) is 4.79 Å². The summed E-state index contributed by atoms with van der Waals surface area (Å²) in [5.41, 5.74) is 1.39. The molecule has 9 heteroatoms. The van der Waals surface area contributed by atoms with E-state index in [1.54, 1.807) is 23.1 Å². The third-order valence-corrected chi connectivity index (χ3v) is 6.44. The number of halogens is 2. The topological polar surface area (TPSA) is 79.5 Å². The summed E-state index contributed by atoms with van der Waals surface area (Å²) in [4.78, 5) is 29.1. The van der Waals surface area contributed by atoms with Crippen LogP contribution in [0.15, 0.2) is 74.3 Å². The quantitative estimate of drug-likeness (QED) is 0.363. The van der Waals surface area contributed by atoms with Crippen LogP contribution < -0.4 is 10.5 Å². The Hall–Kier alpha value is -3.23. The molecule has 0 radical (unpaired) electrons. The molecule has 1 saturated heterocycles. The summed E-state index contributed by atoms with van der Waals surface area (Å²) in [5, 5.41) is 9.99. The molecule has 0 saturated carbocycles. The molecule has 1 aliphatic rings. The molecule has 0 spiro atoms. The van der Waals surface area contributed by atoms with Crippen LogP contribution in [0.2, 0.25) is 5.02 Å². The van der Waals surface area contributed by atoms with E-state index in [-0.39, 0.29) is 11.5 Å². The Kier molecular flexibility index (Phi) is 5.86. The number of nitrogens with zero attached hydrogens (tertiary/aromatic N) is 4. The van der Waals surface area contributed by atoms with Crippen molar-refractivity contribution < 1.29 is 9.21 Å². The van der Waals surface area contributed by atoms with Crippen LogP contribution in [0.3, 0.4) is 0 Å². The molecule has 1 amide bonds. The maximum absolute atomic E-state index is 13.0. The van der Waals surface area contributed by atoms with Crippen LogP contribution in [-0.2, 0) is 0 Å². The molecule has 4 aromatic rings. The van der Waals surface area contributed by atoms with Gasteiger partial charge in [0.05, 0.1) is 10.7 Å². The average molecular weight is 526 g/mol. The molecule has 2 aromatic heterocycles. The predicted octanol–water partition coefficient (Wildman–Crippen LogP) is 4.63. The minimum Gasteiger partial charge on any atom is -0.422 e. The highest BCUT2D eigenvalue weighted by Gasteiger charge is 2.25. The van der Waals surface area contributed by atoms with Crippen LogP contribution in [0.4, 0.5) is 5.82 Å². The molecule has 2 aromatic carbocycles. The summed E-state index contributed by atoms with van der Waals surface area (Å²) in [6.07, 6.45) is 0. The molecule has 1 aliphatic heterocycles. The molecule has 0 atom stereocenters. The number of hydrogen-bond acceptors (Lipinski definition) is 6. The van der Waals surface area contributed by atoms with Crippen molar-refractivity contribution >= 4 is 50.2 Å². The fourth-order valence-corrected chi connectivity index (χ4v) is 4.47.